The molecule has 1 aromatic carbocycles. The highest BCUT2D eigenvalue weighted by Gasteiger charge is 2.27. The van der Waals surface area contributed by atoms with Crippen molar-refractivity contribution >= 4 is 5.71 Å². The van der Waals surface area contributed by atoms with Crippen LogP contribution in [0.2, 0.25) is 0 Å². The van der Waals surface area contributed by atoms with Crippen molar-refractivity contribution in [2.75, 3.05) is 0 Å². The number of benzene rings is 1. The molecule has 0 aromatic heterocycles. The summed E-state index contributed by atoms with van der Waals surface area (Å²) < 4.78 is 0. The largest absolute Gasteiger partial charge is 0.309 e. The first-order valence-electron chi connectivity index (χ1n) is 6.24. The Balaban J connectivity index is 2.67. The van der Waals surface area contributed by atoms with Crippen LogP contribution in [-0.4, -0.2) is 5.71 Å². The quantitative estimate of drug-likeness (QED) is 0.680. The standard InChI is InChI=1S/C15H23N/c1-4-15(5-2,13(3)16)12-11-14-9-7-6-8-10-14/h6-10,16H,4-5,11-12H2,1-3H3. The van der Waals surface area contributed by atoms with Crippen molar-refractivity contribution in [1.82, 2.24) is 0 Å². The van der Waals surface area contributed by atoms with Crippen LogP contribution in [0.4, 0.5) is 0 Å². The summed E-state index contributed by atoms with van der Waals surface area (Å²) in [5, 5.41) is 7.97. The molecule has 1 heteroatoms. The molecule has 0 aliphatic rings. The van der Waals surface area contributed by atoms with Gasteiger partial charge in [0.2, 0.25) is 0 Å². The third-order valence-corrected chi connectivity index (χ3v) is 3.88. The van der Waals surface area contributed by atoms with Gasteiger partial charge in [-0.15, -0.1) is 0 Å². The predicted molar refractivity (Wildman–Crippen MR) is 71.2 cm³/mol. The van der Waals surface area contributed by atoms with Gasteiger partial charge in [-0.25, -0.2) is 0 Å². The topological polar surface area (TPSA) is 23.9 Å². The summed E-state index contributed by atoms with van der Waals surface area (Å²) in [7, 11) is 0. The molecule has 0 bridgehead atoms. The Labute approximate surface area is 99.4 Å². The fraction of sp³-hybridized carbons (Fsp3) is 0.533. The molecule has 16 heavy (non-hydrogen) atoms. The Morgan fingerprint density at radius 3 is 2.12 bits per heavy atom. The number of nitrogens with one attached hydrogen (secondary N) is 1. The van der Waals surface area contributed by atoms with E-state index in [-0.39, 0.29) is 5.41 Å². The van der Waals surface area contributed by atoms with Gasteiger partial charge in [0.1, 0.15) is 0 Å². The lowest BCUT2D eigenvalue weighted by molar-refractivity contribution is 0.354. The molecule has 1 N–H and O–H groups in total. The summed E-state index contributed by atoms with van der Waals surface area (Å²) in [4.78, 5) is 0. The summed E-state index contributed by atoms with van der Waals surface area (Å²) in [6, 6.07) is 10.6. The zero-order chi connectivity index (χ0) is 12.0. The van der Waals surface area contributed by atoms with E-state index in [1.807, 2.05) is 6.92 Å². The molecule has 0 saturated carbocycles. The van der Waals surface area contributed by atoms with Crippen LogP contribution in [0.5, 0.6) is 0 Å². The molecule has 0 spiro atoms. The van der Waals surface area contributed by atoms with E-state index in [2.05, 4.69) is 44.2 Å². The first-order valence-corrected chi connectivity index (χ1v) is 6.24. The van der Waals surface area contributed by atoms with Crippen molar-refractivity contribution in [2.45, 2.75) is 46.5 Å². The van der Waals surface area contributed by atoms with Gasteiger partial charge in [0, 0.05) is 11.1 Å². The van der Waals surface area contributed by atoms with E-state index in [4.69, 9.17) is 5.41 Å². The molecular formula is C15H23N. The zero-order valence-electron chi connectivity index (χ0n) is 10.7. The van der Waals surface area contributed by atoms with Crippen LogP contribution in [0.25, 0.3) is 0 Å². The first kappa shape index (κ1) is 13.0. The van der Waals surface area contributed by atoms with Crippen LogP contribution in [0.3, 0.4) is 0 Å². The van der Waals surface area contributed by atoms with Gasteiger partial charge in [-0.3, -0.25) is 0 Å². The average Bonchev–Trinajstić information content (AvgIpc) is 2.32. The van der Waals surface area contributed by atoms with Gasteiger partial charge in [0.25, 0.3) is 0 Å². The van der Waals surface area contributed by atoms with E-state index in [0.717, 1.165) is 31.4 Å². The Morgan fingerprint density at radius 1 is 1.12 bits per heavy atom. The molecule has 1 nitrogen and oxygen atoms in total. The summed E-state index contributed by atoms with van der Waals surface area (Å²) in [6.07, 6.45) is 4.33. The van der Waals surface area contributed by atoms with Gasteiger partial charge in [0.15, 0.2) is 0 Å². The number of hydrogen-bond acceptors (Lipinski definition) is 1. The molecule has 0 aliphatic heterocycles. The number of aryl methyl sites for hydroxylation is 1. The second-order valence-electron chi connectivity index (χ2n) is 4.60. The van der Waals surface area contributed by atoms with E-state index in [9.17, 15) is 0 Å². The Morgan fingerprint density at radius 2 is 1.69 bits per heavy atom. The monoisotopic (exact) mass is 217 g/mol. The molecule has 0 fully saturated rings. The molecular weight excluding hydrogens is 194 g/mol. The fourth-order valence-electron chi connectivity index (χ4n) is 2.35. The van der Waals surface area contributed by atoms with Crippen LogP contribution in [0, 0.1) is 10.8 Å². The minimum Gasteiger partial charge on any atom is -0.309 e. The highest BCUT2D eigenvalue weighted by molar-refractivity contribution is 5.84. The lowest BCUT2D eigenvalue weighted by atomic mass is 9.74. The second kappa shape index (κ2) is 5.83. The van der Waals surface area contributed by atoms with Crippen molar-refractivity contribution < 1.29 is 0 Å². The normalized spacial score (nSPS) is 11.4. The Kier molecular flexibility index (Phi) is 4.72. The van der Waals surface area contributed by atoms with E-state index >= 15 is 0 Å². The molecule has 1 rings (SSSR count). The zero-order valence-corrected chi connectivity index (χ0v) is 10.7. The van der Waals surface area contributed by atoms with Crippen LogP contribution in [0.15, 0.2) is 30.3 Å². The van der Waals surface area contributed by atoms with Crippen LogP contribution >= 0.6 is 0 Å². The second-order valence-corrected chi connectivity index (χ2v) is 4.60. The van der Waals surface area contributed by atoms with Gasteiger partial charge in [0.05, 0.1) is 0 Å². The van der Waals surface area contributed by atoms with E-state index in [1.54, 1.807) is 0 Å². The summed E-state index contributed by atoms with van der Waals surface area (Å²) in [6.45, 7) is 6.36. The SMILES string of the molecule is CCC(CC)(CCc1ccccc1)C(C)=N. The highest BCUT2D eigenvalue weighted by Crippen LogP contribution is 2.33. The smallest absolute Gasteiger partial charge is 0.0120 e. The van der Waals surface area contributed by atoms with Crippen molar-refractivity contribution in [1.29, 1.82) is 5.41 Å². The van der Waals surface area contributed by atoms with E-state index in [1.165, 1.54) is 5.56 Å². The predicted octanol–water partition coefficient (Wildman–Crippen LogP) is 4.47. The summed E-state index contributed by atoms with van der Waals surface area (Å²) >= 11 is 0. The van der Waals surface area contributed by atoms with Gasteiger partial charge < -0.3 is 5.41 Å². The molecule has 0 heterocycles. The average molecular weight is 217 g/mol. The third-order valence-electron chi connectivity index (χ3n) is 3.88. The third kappa shape index (κ3) is 2.94. The molecule has 0 saturated heterocycles. The molecule has 0 atom stereocenters. The highest BCUT2D eigenvalue weighted by atomic mass is 14.5. The van der Waals surface area contributed by atoms with Gasteiger partial charge >= 0.3 is 0 Å². The summed E-state index contributed by atoms with van der Waals surface area (Å²) in [5.41, 5.74) is 2.35. The van der Waals surface area contributed by atoms with Gasteiger partial charge in [-0.05, 0) is 38.2 Å². The molecule has 0 aliphatic carbocycles. The Bertz CT molecular complexity index is 323. The molecule has 88 valence electrons. The number of hydrogen-bond donors (Lipinski definition) is 1. The van der Waals surface area contributed by atoms with Gasteiger partial charge in [-0.2, -0.15) is 0 Å². The van der Waals surface area contributed by atoms with Crippen molar-refractivity contribution in [3.05, 3.63) is 35.9 Å². The van der Waals surface area contributed by atoms with E-state index < -0.39 is 0 Å². The minimum atomic E-state index is 0.121. The van der Waals surface area contributed by atoms with Crippen molar-refractivity contribution in [2.24, 2.45) is 5.41 Å². The molecule has 0 radical (unpaired) electrons. The van der Waals surface area contributed by atoms with Crippen LogP contribution < -0.4 is 0 Å². The fourth-order valence-corrected chi connectivity index (χ4v) is 2.35. The number of rotatable bonds is 6. The lowest BCUT2D eigenvalue weighted by Crippen LogP contribution is -2.27. The first-order chi connectivity index (χ1) is 7.64. The van der Waals surface area contributed by atoms with Crippen LogP contribution in [0.1, 0.15) is 45.6 Å². The lowest BCUT2D eigenvalue weighted by Gasteiger charge is -2.31. The molecule has 1 aromatic rings. The maximum atomic E-state index is 7.97. The summed E-state index contributed by atoms with van der Waals surface area (Å²) in [5.74, 6) is 0. The van der Waals surface area contributed by atoms with E-state index in [0.29, 0.717) is 0 Å². The van der Waals surface area contributed by atoms with Crippen molar-refractivity contribution in [3.8, 4) is 0 Å². The molecule has 0 amide bonds. The van der Waals surface area contributed by atoms with Gasteiger partial charge in [-0.1, -0.05) is 44.2 Å². The molecule has 0 unspecified atom stereocenters. The maximum absolute atomic E-state index is 7.97. The maximum Gasteiger partial charge on any atom is 0.0120 e. The van der Waals surface area contributed by atoms with Crippen LogP contribution in [-0.2, 0) is 6.42 Å². The van der Waals surface area contributed by atoms with Crippen molar-refractivity contribution in [3.63, 3.8) is 0 Å². The minimum absolute atomic E-state index is 0.121. The Hall–Kier alpha value is -1.11.